The quantitative estimate of drug-likeness (QED) is 0.890. The van der Waals surface area contributed by atoms with Crippen molar-refractivity contribution < 1.29 is 9.53 Å². The first kappa shape index (κ1) is 16.3. The van der Waals surface area contributed by atoms with Crippen molar-refractivity contribution in [3.05, 3.63) is 53.1 Å². The Morgan fingerprint density at radius 1 is 1.23 bits per heavy atom. The summed E-state index contributed by atoms with van der Waals surface area (Å²) in [5, 5.41) is 0.482. The maximum atomic E-state index is 11.6. The van der Waals surface area contributed by atoms with Crippen molar-refractivity contribution >= 4 is 17.5 Å². The molecule has 0 spiro atoms. The van der Waals surface area contributed by atoms with E-state index in [1.165, 1.54) is 0 Å². The lowest BCUT2D eigenvalue weighted by Crippen LogP contribution is -2.19. The van der Waals surface area contributed by atoms with Crippen LogP contribution in [0.2, 0.25) is 5.02 Å². The van der Waals surface area contributed by atoms with E-state index in [4.69, 9.17) is 22.1 Å². The minimum Gasteiger partial charge on any atom is -0.492 e. The molecule has 0 radical (unpaired) electrons. The maximum Gasteiger partial charge on any atom is 0.249 e. The molecule has 2 aromatic carbocycles. The summed E-state index contributed by atoms with van der Waals surface area (Å²) >= 11 is 5.94. The summed E-state index contributed by atoms with van der Waals surface area (Å²) in [6.45, 7) is 1.43. The largest absolute Gasteiger partial charge is 0.492 e. The van der Waals surface area contributed by atoms with Crippen LogP contribution in [0, 0.1) is 0 Å². The Morgan fingerprint density at radius 3 is 2.68 bits per heavy atom. The van der Waals surface area contributed by atoms with E-state index in [0.29, 0.717) is 17.2 Å². The first-order valence-electron chi connectivity index (χ1n) is 6.94. The number of ether oxygens (including phenoxy) is 1. The van der Waals surface area contributed by atoms with Gasteiger partial charge in [0.1, 0.15) is 12.4 Å². The fourth-order valence-corrected chi connectivity index (χ4v) is 2.24. The summed E-state index contributed by atoms with van der Waals surface area (Å²) in [7, 11) is 3.99. The number of nitrogens with two attached hydrogens (primary N) is 1. The van der Waals surface area contributed by atoms with Crippen LogP contribution in [0.25, 0.3) is 11.1 Å². The number of nitrogens with zero attached hydrogens (tertiary/aromatic N) is 1. The maximum absolute atomic E-state index is 11.6. The Morgan fingerprint density at radius 2 is 2.00 bits per heavy atom. The van der Waals surface area contributed by atoms with Crippen molar-refractivity contribution in [2.24, 2.45) is 5.73 Å². The molecule has 0 aliphatic carbocycles. The number of amides is 1. The van der Waals surface area contributed by atoms with Gasteiger partial charge in [-0.1, -0.05) is 29.8 Å². The Balaban J connectivity index is 2.28. The lowest BCUT2D eigenvalue weighted by atomic mass is 9.99. The third kappa shape index (κ3) is 4.23. The van der Waals surface area contributed by atoms with E-state index < -0.39 is 5.91 Å². The van der Waals surface area contributed by atoms with Crippen molar-refractivity contribution in [1.82, 2.24) is 4.90 Å². The molecule has 0 unspecified atom stereocenters. The van der Waals surface area contributed by atoms with Crippen molar-refractivity contribution in [2.45, 2.75) is 0 Å². The molecule has 0 bridgehead atoms. The average molecular weight is 319 g/mol. The molecular formula is C17H19ClN2O2. The van der Waals surface area contributed by atoms with E-state index in [0.717, 1.165) is 23.4 Å². The fraction of sp³-hybridized carbons (Fsp3) is 0.235. The van der Waals surface area contributed by atoms with Crippen LogP contribution in [0.4, 0.5) is 0 Å². The Labute approximate surface area is 135 Å². The molecule has 0 aromatic heterocycles. The minimum absolute atomic E-state index is 0.401. The zero-order chi connectivity index (χ0) is 16.1. The average Bonchev–Trinajstić information content (AvgIpc) is 2.47. The predicted octanol–water partition coefficient (Wildman–Crippen LogP) is 3.05. The van der Waals surface area contributed by atoms with E-state index in [1.807, 2.05) is 43.3 Å². The van der Waals surface area contributed by atoms with Crippen LogP contribution >= 0.6 is 11.6 Å². The van der Waals surface area contributed by atoms with E-state index in [2.05, 4.69) is 0 Å². The zero-order valence-electron chi connectivity index (χ0n) is 12.7. The van der Waals surface area contributed by atoms with Gasteiger partial charge in [0.15, 0.2) is 0 Å². The Bertz CT molecular complexity index is 671. The second kappa shape index (κ2) is 7.29. The molecule has 0 saturated heterocycles. The van der Waals surface area contributed by atoms with Crippen LogP contribution in [0.1, 0.15) is 10.4 Å². The van der Waals surface area contributed by atoms with Gasteiger partial charge in [0.05, 0.1) is 0 Å². The summed E-state index contributed by atoms with van der Waals surface area (Å²) < 4.78 is 5.72. The van der Waals surface area contributed by atoms with Crippen molar-refractivity contribution in [3.8, 4) is 16.9 Å². The second-order valence-electron chi connectivity index (χ2n) is 5.23. The van der Waals surface area contributed by atoms with Gasteiger partial charge in [-0.25, -0.2) is 0 Å². The fourth-order valence-electron chi connectivity index (χ4n) is 2.07. The van der Waals surface area contributed by atoms with Crippen molar-refractivity contribution in [2.75, 3.05) is 27.2 Å². The first-order chi connectivity index (χ1) is 10.5. The number of rotatable bonds is 6. The molecular weight excluding hydrogens is 300 g/mol. The number of hydrogen-bond acceptors (Lipinski definition) is 3. The van der Waals surface area contributed by atoms with Crippen LogP contribution in [0.15, 0.2) is 42.5 Å². The molecule has 0 aliphatic rings. The van der Waals surface area contributed by atoms with E-state index in [1.54, 1.807) is 18.2 Å². The molecule has 4 nitrogen and oxygen atoms in total. The second-order valence-corrected chi connectivity index (χ2v) is 5.67. The van der Waals surface area contributed by atoms with Crippen molar-refractivity contribution in [3.63, 3.8) is 0 Å². The van der Waals surface area contributed by atoms with Gasteiger partial charge in [-0.3, -0.25) is 4.79 Å². The molecule has 2 N–H and O–H groups in total. The van der Waals surface area contributed by atoms with Gasteiger partial charge in [0.25, 0.3) is 0 Å². The standard InChI is InChI=1S/C17H19ClN2O2/c1-20(2)8-9-22-14-5-3-4-12(10-14)15-7-6-13(18)11-16(15)17(19)21/h3-7,10-11H,8-9H2,1-2H3,(H2,19,21). The lowest BCUT2D eigenvalue weighted by Gasteiger charge is -2.13. The van der Waals surface area contributed by atoms with E-state index in [-0.39, 0.29) is 0 Å². The SMILES string of the molecule is CN(C)CCOc1cccc(-c2ccc(Cl)cc2C(N)=O)c1. The van der Waals surface area contributed by atoms with Gasteiger partial charge in [-0.15, -0.1) is 0 Å². The molecule has 2 rings (SSSR count). The van der Waals surface area contributed by atoms with Crippen LogP contribution in [0.5, 0.6) is 5.75 Å². The highest BCUT2D eigenvalue weighted by atomic mass is 35.5. The monoisotopic (exact) mass is 318 g/mol. The van der Waals surface area contributed by atoms with Gasteiger partial charge in [-0.05, 0) is 49.5 Å². The highest BCUT2D eigenvalue weighted by Gasteiger charge is 2.11. The van der Waals surface area contributed by atoms with Gasteiger partial charge in [0.2, 0.25) is 5.91 Å². The van der Waals surface area contributed by atoms with Crippen LogP contribution in [-0.2, 0) is 0 Å². The third-order valence-electron chi connectivity index (χ3n) is 3.20. The number of likely N-dealkylation sites (N-methyl/N-ethyl adjacent to an activating group) is 1. The molecule has 0 atom stereocenters. The number of carbonyl (C=O) groups is 1. The van der Waals surface area contributed by atoms with Crippen molar-refractivity contribution in [1.29, 1.82) is 0 Å². The molecule has 0 fully saturated rings. The van der Waals surface area contributed by atoms with E-state index >= 15 is 0 Å². The lowest BCUT2D eigenvalue weighted by molar-refractivity contribution is 0.100. The summed E-state index contributed by atoms with van der Waals surface area (Å²) in [4.78, 5) is 13.7. The Kier molecular flexibility index (Phi) is 5.41. The summed E-state index contributed by atoms with van der Waals surface area (Å²) in [6, 6.07) is 12.7. The van der Waals surface area contributed by atoms with Gasteiger partial charge < -0.3 is 15.4 Å². The summed E-state index contributed by atoms with van der Waals surface area (Å²) in [6.07, 6.45) is 0. The van der Waals surface area contributed by atoms with Gasteiger partial charge in [-0.2, -0.15) is 0 Å². The predicted molar refractivity (Wildman–Crippen MR) is 89.5 cm³/mol. The number of primary amides is 1. The molecule has 116 valence electrons. The van der Waals surface area contributed by atoms with Crippen LogP contribution in [-0.4, -0.2) is 38.1 Å². The summed E-state index contributed by atoms with van der Waals surface area (Å²) in [5.41, 5.74) is 7.45. The van der Waals surface area contributed by atoms with Crippen LogP contribution < -0.4 is 10.5 Å². The zero-order valence-corrected chi connectivity index (χ0v) is 13.4. The van der Waals surface area contributed by atoms with Gasteiger partial charge in [0, 0.05) is 17.1 Å². The molecule has 5 heteroatoms. The minimum atomic E-state index is -0.503. The van der Waals surface area contributed by atoms with E-state index in [9.17, 15) is 4.79 Å². The normalized spacial score (nSPS) is 10.7. The number of hydrogen-bond donors (Lipinski definition) is 1. The highest BCUT2D eigenvalue weighted by Crippen LogP contribution is 2.29. The highest BCUT2D eigenvalue weighted by molar-refractivity contribution is 6.31. The molecule has 0 saturated carbocycles. The Hall–Kier alpha value is -2.04. The molecule has 2 aromatic rings. The first-order valence-corrected chi connectivity index (χ1v) is 7.32. The number of halogens is 1. The number of carbonyl (C=O) groups excluding carboxylic acids is 1. The third-order valence-corrected chi connectivity index (χ3v) is 3.43. The molecule has 1 amide bonds. The summed E-state index contributed by atoms with van der Waals surface area (Å²) in [5.74, 6) is 0.251. The topological polar surface area (TPSA) is 55.6 Å². The smallest absolute Gasteiger partial charge is 0.249 e. The van der Waals surface area contributed by atoms with Crippen LogP contribution in [0.3, 0.4) is 0 Å². The van der Waals surface area contributed by atoms with Gasteiger partial charge >= 0.3 is 0 Å². The molecule has 0 heterocycles. The molecule has 0 aliphatic heterocycles. The number of benzene rings is 2. The molecule has 22 heavy (non-hydrogen) atoms.